The molecule has 0 N–H and O–H groups in total. The monoisotopic (exact) mass is 814 g/mol. The summed E-state index contributed by atoms with van der Waals surface area (Å²) in [5.74, 6) is -1.80. The molecule has 0 bridgehead atoms. The fraction of sp³-hybridized carbons (Fsp3) is 0.740. The second-order valence-electron chi connectivity index (χ2n) is 16.7. The number of likely N-dealkylation sites (N-methyl/N-ethyl adjacent to an activating group) is 1. The van der Waals surface area contributed by atoms with E-state index in [1.807, 2.05) is 0 Å². The highest BCUT2D eigenvalue weighted by molar-refractivity contribution is 5.70. The van der Waals surface area contributed by atoms with E-state index in [1.165, 1.54) is 77.0 Å². The van der Waals surface area contributed by atoms with Gasteiger partial charge in [-0.3, -0.25) is 9.59 Å². The van der Waals surface area contributed by atoms with Crippen LogP contribution in [0.15, 0.2) is 60.8 Å². The number of ether oxygens (including phenoxy) is 3. The summed E-state index contributed by atoms with van der Waals surface area (Å²) >= 11 is 0. The molecule has 0 aromatic rings. The van der Waals surface area contributed by atoms with Crippen LogP contribution in [0, 0.1) is 0 Å². The van der Waals surface area contributed by atoms with Crippen molar-refractivity contribution in [3.8, 4) is 0 Å². The smallest absolute Gasteiger partial charge is 0.306 e. The van der Waals surface area contributed by atoms with E-state index < -0.39 is 18.1 Å². The van der Waals surface area contributed by atoms with Gasteiger partial charge in [0.25, 0.3) is 0 Å². The Kier molecular flexibility index (Phi) is 38.7. The second kappa shape index (κ2) is 40.8. The van der Waals surface area contributed by atoms with Crippen LogP contribution in [0.5, 0.6) is 0 Å². The maximum atomic E-state index is 12.7. The molecule has 0 aliphatic carbocycles. The molecule has 0 radical (unpaired) electrons. The topological polar surface area (TPSA) is 102 Å². The van der Waals surface area contributed by atoms with Gasteiger partial charge in [-0.25, -0.2) is 0 Å². The van der Waals surface area contributed by atoms with E-state index in [4.69, 9.17) is 14.2 Å². The molecular weight excluding hydrogens is 727 g/mol. The van der Waals surface area contributed by atoms with Gasteiger partial charge in [0.05, 0.1) is 40.3 Å². The Morgan fingerprint density at radius 3 is 1.36 bits per heavy atom. The molecule has 2 unspecified atom stereocenters. The molecule has 0 amide bonds. The number of nitrogens with zero attached hydrogens (tertiary/aromatic N) is 1. The Balaban J connectivity index is 4.41. The van der Waals surface area contributed by atoms with Gasteiger partial charge in [-0.05, 0) is 64.2 Å². The van der Waals surface area contributed by atoms with Crippen LogP contribution >= 0.6 is 0 Å². The molecule has 0 aliphatic heterocycles. The fourth-order valence-corrected chi connectivity index (χ4v) is 6.53. The number of carbonyl (C=O) groups excluding carboxylic acids is 3. The zero-order chi connectivity index (χ0) is 42.8. The number of allylic oxidation sites excluding steroid dienone is 10. The van der Waals surface area contributed by atoms with Gasteiger partial charge in [0.2, 0.25) is 0 Å². The molecular formula is C50H87NO7. The standard InChI is InChI=1S/C50H87NO7/c1-6-8-10-12-14-16-18-20-22-24-25-27-28-30-32-34-36-38-40-48(52)57-45-46(44-56-43-42-47(50(54)55)51(3,4)5)58-49(53)41-39-37-35-33-31-29-26-23-21-19-17-15-13-11-9-7-2/h18,20,22-27,29,31,46-47H,6-17,19,21,28,30,32-45H2,1-5H3/b20-18+,24-22+,26-23+,27-25+,31-29+. The number of carbonyl (C=O) groups is 3. The highest BCUT2D eigenvalue weighted by Crippen LogP contribution is 2.13. The SMILES string of the molecule is CCCCCCC/C=C/C=C/C=C/CCCCCCCC(=O)OCC(COCCC(C(=O)[O-])[N+](C)(C)C)OC(=O)CCCCC/C=C/C=C/CCCCCCCCC. The molecule has 58 heavy (non-hydrogen) atoms. The van der Waals surface area contributed by atoms with E-state index in [0.29, 0.717) is 6.42 Å². The summed E-state index contributed by atoms with van der Waals surface area (Å²) in [6.45, 7) is 4.59. The second-order valence-corrected chi connectivity index (χ2v) is 16.7. The lowest BCUT2D eigenvalue weighted by Gasteiger charge is -2.34. The van der Waals surface area contributed by atoms with Crippen LogP contribution in [0.1, 0.15) is 187 Å². The van der Waals surface area contributed by atoms with Crippen molar-refractivity contribution in [1.82, 2.24) is 0 Å². The normalized spacial score (nSPS) is 13.5. The number of carboxylic acid groups (broad SMARTS) is 1. The third kappa shape index (κ3) is 38.5. The lowest BCUT2D eigenvalue weighted by atomic mass is 10.1. The molecule has 0 aromatic heterocycles. The molecule has 0 saturated heterocycles. The van der Waals surface area contributed by atoms with Gasteiger partial charge >= 0.3 is 11.9 Å². The summed E-state index contributed by atoms with van der Waals surface area (Å²) in [6.07, 6.45) is 49.6. The average molecular weight is 814 g/mol. The minimum absolute atomic E-state index is 0.0212. The molecule has 0 saturated carbocycles. The van der Waals surface area contributed by atoms with Crippen molar-refractivity contribution in [3.05, 3.63) is 60.8 Å². The summed E-state index contributed by atoms with van der Waals surface area (Å²) in [6, 6.07) is -0.736. The largest absolute Gasteiger partial charge is 0.544 e. The van der Waals surface area contributed by atoms with Gasteiger partial charge < -0.3 is 28.6 Å². The first kappa shape index (κ1) is 55.0. The van der Waals surface area contributed by atoms with Crippen LogP contribution in [0.3, 0.4) is 0 Å². The first-order chi connectivity index (χ1) is 28.1. The van der Waals surface area contributed by atoms with Gasteiger partial charge in [-0.15, -0.1) is 0 Å². The number of unbranched alkanes of at least 4 members (excludes halogenated alkanes) is 20. The van der Waals surface area contributed by atoms with Crippen molar-refractivity contribution < 1.29 is 38.2 Å². The van der Waals surface area contributed by atoms with Gasteiger partial charge in [-0.2, -0.15) is 0 Å². The fourth-order valence-electron chi connectivity index (χ4n) is 6.53. The summed E-state index contributed by atoms with van der Waals surface area (Å²) in [5.41, 5.74) is 0. The lowest BCUT2D eigenvalue weighted by molar-refractivity contribution is -0.889. The molecule has 334 valence electrons. The van der Waals surface area contributed by atoms with Gasteiger partial charge in [0.1, 0.15) is 12.6 Å². The first-order valence-electron chi connectivity index (χ1n) is 23.4. The number of quaternary nitrogens is 1. The van der Waals surface area contributed by atoms with Crippen molar-refractivity contribution in [2.24, 2.45) is 0 Å². The quantitative estimate of drug-likeness (QED) is 0.0262. The van der Waals surface area contributed by atoms with Crippen LogP contribution in [0.4, 0.5) is 0 Å². The molecule has 0 aliphatic rings. The van der Waals surface area contributed by atoms with E-state index >= 15 is 0 Å². The average Bonchev–Trinajstić information content (AvgIpc) is 3.18. The van der Waals surface area contributed by atoms with Crippen molar-refractivity contribution >= 4 is 17.9 Å². The van der Waals surface area contributed by atoms with E-state index in [9.17, 15) is 19.5 Å². The Hall–Kier alpha value is -2.97. The molecule has 0 fully saturated rings. The van der Waals surface area contributed by atoms with Crippen LogP contribution in [-0.2, 0) is 28.6 Å². The van der Waals surface area contributed by atoms with Crippen LogP contribution < -0.4 is 5.11 Å². The van der Waals surface area contributed by atoms with Crippen molar-refractivity contribution in [2.75, 3.05) is 41.0 Å². The highest BCUT2D eigenvalue weighted by atomic mass is 16.6. The summed E-state index contributed by atoms with van der Waals surface area (Å²) in [7, 11) is 5.39. The third-order valence-corrected chi connectivity index (χ3v) is 10.2. The van der Waals surface area contributed by atoms with Gasteiger partial charge in [-0.1, -0.05) is 164 Å². The minimum Gasteiger partial charge on any atom is -0.544 e. The van der Waals surface area contributed by atoms with Crippen molar-refractivity contribution in [2.45, 2.75) is 199 Å². The maximum absolute atomic E-state index is 12.7. The summed E-state index contributed by atoms with van der Waals surface area (Å²) < 4.78 is 17.1. The number of hydrogen-bond acceptors (Lipinski definition) is 7. The lowest BCUT2D eigenvalue weighted by Crippen LogP contribution is -2.55. The molecule has 8 heteroatoms. The number of esters is 2. The van der Waals surface area contributed by atoms with Gasteiger partial charge in [0, 0.05) is 19.3 Å². The zero-order valence-corrected chi connectivity index (χ0v) is 37.9. The molecule has 0 heterocycles. The van der Waals surface area contributed by atoms with E-state index in [2.05, 4.69) is 74.6 Å². The Labute approximate surface area is 356 Å². The van der Waals surface area contributed by atoms with Crippen LogP contribution in [-0.4, -0.2) is 75.5 Å². The number of hydrogen-bond donors (Lipinski definition) is 0. The Morgan fingerprint density at radius 2 is 0.914 bits per heavy atom. The van der Waals surface area contributed by atoms with Crippen molar-refractivity contribution in [1.29, 1.82) is 0 Å². The van der Waals surface area contributed by atoms with Crippen LogP contribution in [0.2, 0.25) is 0 Å². The Bertz CT molecular complexity index is 1130. The number of aliphatic carboxylic acids is 1. The first-order valence-corrected chi connectivity index (χ1v) is 23.4. The maximum Gasteiger partial charge on any atom is 0.306 e. The molecule has 8 nitrogen and oxygen atoms in total. The predicted octanol–water partition coefficient (Wildman–Crippen LogP) is 11.6. The third-order valence-electron chi connectivity index (χ3n) is 10.2. The molecule has 0 rings (SSSR count). The van der Waals surface area contributed by atoms with Crippen LogP contribution in [0.25, 0.3) is 0 Å². The molecule has 2 atom stereocenters. The van der Waals surface area contributed by atoms with E-state index in [0.717, 1.165) is 77.0 Å². The molecule has 0 aromatic carbocycles. The Morgan fingerprint density at radius 1 is 0.517 bits per heavy atom. The van der Waals surface area contributed by atoms with Crippen molar-refractivity contribution in [3.63, 3.8) is 0 Å². The zero-order valence-electron chi connectivity index (χ0n) is 37.9. The molecule has 0 spiro atoms. The number of carboxylic acids is 1. The predicted molar refractivity (Wildman–Crippen MR) is 240 cm³/mol. The summed E-state index contributed by atoms with van der Waals surface area (Å²) in [4.78, 5) is 36.9. The van der Waals surface area contributed by atoms with E-state index in [-0.39, 0.29) is 49.1 Å². The minimum atomic E-state index is -1.13. The van der Waals surface area contributed by atoms with E-state index in [1.54, 1.807) is 21.1 Å². The summed E-state index contributed by atoms with van der Waals surface area (Å²) in [5, 5.41) is 11.6. The highest BCUT2D eigenvalue weighted by Gasteiger charge is 2.25. The number of rotatable bonds is 41. The van der Waals surface area contributed by atoms with Gasteiger partial charge in [0.15, 0.2) is 6.10 Å².